The minimum Gasteiger partial charge on any atom is -0.354 e. The van der Waals surface area contributed by atoms with Crippen molar-refractivity contribution in [2.24, 2.45) is 0 Å². The van der Waals surface area contributed by atoms with Crippen LogP contribution in [0.2, 0.25) is 0 Å². The Bertz CT molecular complexity index is 1320. The largest absolute Gasteiger partial charge is 0.354 e. The minimum absolute atomic E-state index is 0.246. The van der Waals surface area contributed by atoms with Gasteiger partial charge in [-0.1, -0.05) is 48.0 Å². The van der Waals surface area contributed by atoms with Gasteiger partial charge in [0.1, 0.15) is 6.04 Å². The molecule has 7 nitrogen and oxygen atoms in total. The SMILES string of the molecule is Cc1ccc(-n2nc3c(=O)n(C(C)C(=O)NCCc4ccccc4)nc(C)c3c2C)cc1. The Labute approximate surface area is 186 Å². The summed E-state index contributed by atoms with van der Waals surface area (Å²) in [5.74, 6) is -0.246. The maximum Gasteiger partial charge on any atom is 0.295 e. The maximum atomic E-state index is 13.2. The summed E-state index contributed by atoms with van der Waals surface area (Å²) in [6, 6.07) is 17.2. The van der Waals surface area contributed by atoms with Crippen LogP contribution in [-0.2, 0) is 11.2 Å². The van der Waals surface area contributed by atoms with Crippen molar-refractivity contribution in [2.45, 2.75) is 40.2 Å². The van der Waals surface area contributed by atoms with Gasteiger partial charge >= 0.3 is 0 Å². The second-order valence-electron chi connectivity index (χ2n) is 8.09. The molecule has 1 N–H and O–H groups in total. The first kappa shape index (κ1) is 21.5. The molecular weight excluding hydrogens is 402 g/mol. The molecule has 7 heteroatoms. The number of hydrogen-bond acceptors (Lipinski definition) is 4. The molecule has 1 atom stereocenters. The van der Waals surface area contributed by atoms with Gasteiger partial charge in [-0.05, 0) is 51.8 Å². The van der Waals surface area contributed by atoms with Crippen LogP contribution in [0.1, 0.15) is 35.5 Å². The van der Waals surface area contributed by atoms with E-state index in [2.05, 4.69) is 15.5 Å². The van der Waals surface area contributed by atoms with E-state index in [9.17, 15) is 9.59 Å². The molecule has 4 rings (SSSR count). The van der Waals surface area contributed by atoms with Crippen molar-refractivity contribution in [3.05, 3.63) is 87.5 Å². The van der Waals surface area contributed by atoms with Gasteiger partial charge in [-0.2, -0.15) is 10.2 Å². The highest BCUT2D eigenvalue weighted by molar-refractivity contribution is 5.84. The molecule has 0 fully saturated rings. The third kappa shape index (κ3) is 4.06. The minimum atomic E-state index is -0.744. The lowest BCUT2D eigenvalue weighted by Gasteiger charge is -2.15. The molecule has 0 aliphatic carbocycles. The quantitative estimate of drug-likeness (QED) is 0.509. The lowest BCUT2D eigenvalue weighted by atomic mass is 10.1. The summed E-state index contributed by atoms with van der Waals surface area (Å²) >= 11 is 0. The second kappa shape index (κ2) is 8.78. The fourth-order valence-corrected chi connectivity index (χ4v) is 3.88. The molecule has 2 aromatic heterocycles. The smallest absolute Gasteiger partial charge is 0.295 e. The van der Waals surface area contributed by atoms with Gasteiger partial charge in [0.25, 0.3) is 5.56 Å². The first-order valence-electron chi connectivity index (χ1n) is 10.7. The zero-order valence-electron chi connectivity index (χ0n) is 18.8. The number of carbonyl (C=O) groups is 1. The molecular formula is C25H27N5O2. The van der Waals surface area contributed by atoms with E-state index in [1.807, 2.05) is 75.4 Å². The summed E-state index contributed by atoms with van der Waals surface area (Å²) in [7, 11) is 0. The van der Waals surface area contributed by atoms with E-state index in [1.54, 1.807) is 11.6 Å². The number of amides is 1. The average Bonchev–Trinajstić information content (AvgIpc) is 3.15. The van der Waals surface area contributed by atoms with Gasteiger partial charge in [-0.3, -0.25) is 9.59 Å². The van der Waals surface area contributed by atoms with E-state index in [0.717, 1.165) is 34.3 Å². The number of nitrogens with one attached hydrogen (secondary N) is 1. The van der Waals surface area contributed by atoms with E-state index >= 15 is 0 Å². The van der Waals surface area contributed by atoms with Crippen LogP contribution < -0.4 is 10.9 Å². The van der Waals surface area contributed by atoms with Crippen LogP contribution in [0.5, 0.6) is 0 Å². The van der Waals surface area contributed by atoms with Crippen LogP contribution in [0.15, 0.2) is 59.4 Å². The zero-order valence-corrected chi connectivity index (χ0v) is 18.8. The fraction of sp³-hybridized carbons (Fsp3) is 0.280. The lowest BCUT2D eigenvalue weighted by Crippen LogP contribution is -2.38. The average molecular weight is 430 g/mol. The van der Waals surface area contributed by atoms with Crippen molar-refractivity contribution >= 4 is 16.8 Å². The van der Waals surface area contributed by atoms with E-state index in [4.69, 9.17) is 0 Å². The number of hydrogen-bond donors (Lipinski definition) is 1. The Hall–Kier alpha value is -3.74. The molecule has 1 amide bonds. The molecule has 1 unspecified atom stereocenters. The molecule has 0 radical (unpaired) electrons. The van der Waals surface area contributed by atoms with Gasteiger partial charge in [0, 0.05) is 6.54 Å². The Kier molecular flexibility index (Phi) is 5.90. The summed E-state index contributed by atoms with van der Waals surface area (Å²) in [6.07, 6.45) is 0.722. The fourth-order valence-electron chi connectivity index (χ4n) is 3.88. The molecule has 0 bridgehead atoms. The first-order chi connectivity index (χ1) is 15.4. The summed E-state index contributed by atoms with van der Waals surface area (Å²) in [4.78, 5) is 25.9. The van der Waals surface area contributed by atoms with Crippen molar-refractivity contribution in [2.75, 3.05) is 6.54 Å². The summed E-state index contributed by atoms with van der Waals surface area (Å²) < 4.78 is 3.00. The summed E-state index contributed by atoms with van der Waals surface area (Å²) in [5.41, 5.74) is 4.63. The Balaban J connectivity index is 1.61. The number of carbonyl (C=O) groups excluding carboxylic acids is 1. The van der Waals surface area contributed by atoms with Crippen LogP contribution >= 0.6 is 0 Å². The third-order valence-corrected chi connectivity index (χ3v) is 5.73. The van der Waals surface area contributed by atoms with Crippen LogP contribution in [0.4, 0.5) is 0 Å². The Morgan fingerprint density at radius 2 is 1.69 bits per heavy atom. The van der Waals surface area contributed by atoms with Gasteiger partial charge in [-0.25, -0.2) is 9.36 Å². The highest BCUT2D eigenvalue weighted by atomic mass is 16.2. The number of aryl methyl sites for hydroxylation is 3. The molecule has 0 saturated carbocycles. The molecule has 0 saturated heterocycles. The summed E-state index contributed by atoms with van der Waals surface area (Å²) in [6.45, 7) is 7.96. The molecule has 2 aromatic carbocycles. The van der Waals surface area contributed by atoms with Gasteiger partial charge in [-0.15, -0.1) is 0 Å². The molecule has 0 aliphatic rings. The maximum absolute atomic E-state index is 13.2. The molecule has 32 heavy (non-hydrogen) atoms. The summed E-state index contributed by atoms with van der Waals surface area (Å²) in [5, 5.41) is 12.7. The molecule has 0 spiro atoms. The van der Waals surface area contributed by atoms with Gasteiger partial charge < -0.3 is 5.32 Å². The standard InChI is InChI=1S/C25H27N5O2/c1-16-10-12-21(13-11-16)29-18(3)22-17(2)27-30(25(32)23(22)28-29)19(4)24(31)26-15-14-20-8-6-5-7-9-20/h5-13,19H,14-15H2,1-4H3,(H,26,31). The zero-order chi connectivity index (χ0) is 22.8. The number of nitrogens with zero attached hydrogens (tertiary/aromatic N) is 4. The van der Waals surface area contributed by atoms with Gasteiger partial charge in [0.15, 0.2) is 5.52 Å². The first-order valence-corrected chi connectivity index (χ1v) is 10.7. The van der Waals surface area contributed by atoms with Gasteiger partial charge in [0.2, 0.25) is 5.91 Å². The number of aromatic nitrogens is 4. The highest BCUT2D eigenvalue weighted by Crippen LogP contribution is 2.22. The van der Waals surface area contributed by atoms with Crippen molar-refractivity contribution < 1.29 is 4.79 Å². The molecule has 4 aromatic rings. The topological polar surface area (TPSA) is 81.8 Å². The van der Waals surface area contributed by atoms with E-state index in [-0.39, 0.29) is 11.5 Å². The van der Waals surface area contributed by atoms with Crippen LogP contribution in [0, 0.1) is 20.8 Å². The molecule has 0 aliphatic heterocycles. The Morgan fingerprint density at radius 1 is 1.00 bits per heavy atom. The normalized spacial score (nSPS) is 12.1. The van der Waals surface area contributed by atoms with Gasteiger partial charge in [0.05, 0.1) is 22.5 Å². The van der Waals surface area contributed by atoms with Crippen molar-refractivity contribution in [1.82, 2.24) is 24.9 Å². The number of rotatable bonds is 6. The molecule has 2 heterocycles. The van der Waals surface area contributed by atoms with Crippen LogP contribution in [-0.4, -0.2) is 32.0 Å². The van der Waals surface area contributed by atoms with Crippen LogP contribution in [0.3, 0.4) is 0 Å². The number of benzene rings is 2. The number of fused-ring (bicyclic) bond motifs is 1. The molecule has 164 valence electrons. The van der Waals surface area contributed by atoms with Crippen molar-refractivity contribution in [1.29, 1.82) is 0 Å². The predicted molar refractivity (Wildman–Crippen MR) is 125 cm³/mol. The second-order valence-corrected chi connectivity index (χ2v) is 8.09. The van der Waals surface area contributed by atoms with E-state index in [1.165, 1.54) is 4.68 Å². The van der Waals surface area contributed by atoms with Crippen molar-refractivity contribution in [3.8, 4) is 5.69 Å². The lowest BCUT2D eigenvalue weighted by molar-refractivity contribution is -0.124. The monoisotopic (exact) mass is 429 g/mol. The van der Waals surface area contributed by atoms with E-state index < -0.39 is 6.04 Å². The van der Waals surface area contributed by atoms with Crippen LogP contribution in [0.25, 0.3) is 16.6 Å². The Morgan fingerprint density at radius 3 is 2.38 bits per heavy atom. The third-order valence-electron chi connectivity index (χ3n) is 5.73. The highest BCUT2D eigenvalue weighted by Gasteiger charge is 2.23. The van der Waals surface area contributed by atoms with Crippen molar-refractivity contribution in [3.63, 3.8) is 0 Å². The van der Waals surface area contributed by atoms with E-state index in [0.29, 0.717) is 17.8 Å². The predicted octanol–water partition coefficient (Wildman–Crippen LogP) is 3.43.